The van der Waals surface area contributed by atoms with Crippen molar-refractivity contribution in [1.82, 2.24) is 14.4 Å². The van der Waals surface area contributed by atoms with Crippen LogP contribution in [0.15, 0.2) is 29.8 Å². The Morgan fingerprint density at radius 1 is 1.53 bits per heavy atom. The minimum atomic E-state index is -1.35. The second-order valence-electron chi connectivity index (χ2n) is 2.71. The minimum absolute atomic E-state index is 0.0590. The van der Waals surface area contributed by atoms with Crippen LogP contribution in [0.25, 0.3) is 5.78 Å². The molecule has 0 aromatic carbocycles. The van der Waals surface area contributed by atoms with E-state index in [2.05, 4.69) is 15.1 Å². The lowest BCUT2D eigenvalue weighted by Gasteiger charge is -1.90. The normalized spacial score (nSPS) is 11.9. The number of fused-ring (bicyclic) bond motifs is 1. The SMILES string of the molecule is O=C(O)C(=NO)c1cn2cccnc2n1. The van der Waals surface area contributed by atoms with Gasteiger partial charge in [0.1, 0.15) is 5.69 Å². The number of carboxylic acid groups (broad SMARTS) is 1. The molecule has 0 fully saturated rings. The molecule has 0 amide bonds. The number of rotatable bonds is 2. The number of hydrogen-bond acceptors (Lipinski definition) is 5. The Hall–Kier alpha value is -2.44. The summed E-state index contributed by atoms with van der Waals surface area (Å²) in [4.78, 5) is 18.4. The first kappa shape index (κ1) is 9.13. The van der Waals surface area contributed by atoms with Gasteiger partial charge in [-0.3, -0.25) is 4.40 Å². The summed E-state index contributed by atoms with van der Waals surface area (Å²) in [5.74, 6) is -1.00. The van der Waals surface area contributed by atoms with E-state index in [1.165, 1.54) is 16.8 Å². The fraction of sp³-hybridized carbons (Fsp3) is 0. The van der Waals surface area contributed by atoms with Gasteiger partial charge in [-0.15, -0.1) is 0 Å². The molecule has 2 aromatic rings. The summed E-state index contributed by atoms with van der Waals surface area (Å²) in [5, 5.41) is 19.9. The molecular weight excluding hydrogens is 200 g/mol. The molecule has 2 heterocycles. The van der Waals surface area contributed by atoms with Crippen LogP contribution in [0.2, 0.25) is 0 Å². The highest BCUT2D eigenvalue weighted by molar-refractivity contribution is 6.41. The standard InChI is InChI=1S/C8H6N4O3/c13-7(14)6(11-15)5-4-12-3-1-2-9-8(12)10-5/h1-4,15H,(H,13,14). The summed E-state index contributed by atoms with van der Waals surface area (Å²) in [6.45, 7) is 0. The van der Waals surface area contributed by atoms with E-state index in [0.717, 1.165) is 0 Å². The van der Waals surface area contributed by atoms with Gasteiger partial charge in [-0.25, -0.2) is 14.8 Å². The average Bonchev–Trinajstić information content (AvgIpc) is 2.61. The summed E-state index contributed by atoms with van der Waals surface area (Å²) in [7, 11) is 0. The molecule has 15 heavy (non-hydrogen) atoms. The predicted octanol–water partition coefficient (Wildman–Crippen LogP) is -0.00780. The molecule has 0 atom stereocenters. The van der Waals surface area contributed by atoms with Crippen molar-refractivity contribution in [3.05, 3.63) is 30.4 Å². The molecule has 0 radical (unpaired) electrons. The second kappa shape index (κ2) is 3.37. The fourth-order valence-electron chi connectivity index (χ4n) is 1.15. The zero-order valence-electron chi connectivity index (χ0n) is 7.40. The molecule has 0 aliphatic carbocycles. The number of carboxylic acids is 1. The Bertz CT molecular complexity index is 513. The molecule has 7 nitrogen and oxygen atoms in total. The van der Waals surface area contributed by atoms with Crippen LogP contribution in [0.5, 0.6) is 0 Å². The van der Waals surface area contributed by atoms with E-state index in [-0.39, 0.29) is 5.69 Å². The van der Waals surface area contributed by atoms with Gasteiger partial charge in [0.25, 0.3) is 0 Å². The Kier molecular flexibility index (Phi) is 2.05. The van der Waals surface area contributed by atoms with Crippen molar-refractivity contribution >= 4 is 17.5 Å². The second-order valence-corrected chi connectivity index (χ2v) is 2.71. The van der Waals surface area contributed by atoms with Crippen LogP contribution in [0.4, 0.5) is 0 Å². The van der Waals surface area contributed by atoms with Crippen molar-refractivity contribution in [3.8, 4) is 0 Å². The van der Waals surface area contributed by atoms with Gasteiger partial charge in [0.15, 0.2) is 0 Å². The maximum atomic E-state index is 10.6. The van der Waals surface area contributed by atoms with E-state index < -0.39 is 11.7 Å². The summed E-state index contributed by atoms with van der Waals surface area (Å²) in [6, 6.07) is 1.68. The molecule has 0 bridgehead atoms. The fourth-order valence-corrected chi connectivity index (χ4v) is 1.15. The molecule has 2 rings (SSSR count). The third-order valence-corrected chi connectivity index (χ3v) is 1.78. The van der Waals surface area contributed by atoms with Crippen LogP contribution in [0.1, 0.15) is 5.69 Å². The molecule has 0 saturated carbocycles. The zero-order chi connectivity index (χ0) is 10.8. The van der Waals surface area contributed by atoms with Gasteiger partial charge < -0.3 is 10.3 Å². The number of oxime groups is 1. The third kappa shape index (κ3) is 1.50. The minimum Gasteiger partial charge on any atom is -0.476 e. The maximum Gasteiger partial charge on any atom is 0.360 e. The molecule has 0 saturated heterocycles. The van der Waals surface area contributed by atoms with Crippen molar-refractivity contribution in [2.45, 2.75) is 0 Å². The van der Waals surface area contributed by atoms with Crippen LogP contribution >= 0.6 is 0 Å². The van der Waals surface area contributed by atoms with E-state index in [1.807, 2.05) is 0 Å². The monoisotopic (exact) mass is 206 g/mol. The summed E-state index contributed by atoms with van der Waals surface area (Å²) in [6.07, 6.45) is 4.61. The molecule has 7 heteroatoms. The van der Waals surface area contributed by atoms with Gasteiger partial charge >= 0.3 is 5.97 Å². The van der Waals surface area contributed by atoms with E-state index in [0.29, 0.717) is 5.78 Å². The molecule has 76 valence electrons. The van der Waals surface area contributed by atoms with Gasteiger partial charge in [0.2, 0.25) is 11.5 Å². The largest absolute Gasteiger partial charge is 0.476 e. The van der Waals surface area contributed by atoms with Crippen molar-refractivity contribution in [3.63, 3.8) is 0 Å². The van der Waals surface area contributed by atoms with E-state index in [1.54, 1.807) is 12.3 Å². The summed E-state index contributed by atoms with van der Waals surface area (Å²) < 4.78 is 1.53. The Labute approximate surface area is 83.3 Å². The number of nitrogens with zero attached hydrogens (tertiary/aromatic N) is 4. The van der Waals surface area contributed by atoms with Crippen LogP contribution < -0.4 is 0 Å². The lowest BCUT2D eigenvalue weighted by Crippen LogP contribution is -2.14. The van der Waals surface area contributed by atoms with Crippen molar-refractivity contribution < 1.29 is 15.1 Å². The van der Waals surface area contributed by atoms with Crippen LogP contribution in [0, 0.1) is 0 Å². The molecule has 0 aliphatic heterocycles. The summed E-state index contributed by atoms with van der Waals surface area (Å²) >= 11 is 0. The quantitative estimate of drug-likeness (QED) is 0.409. The molecular formula is C8H6N4O3. The first-order valence-corrected chi connectivity index (χ1v) is 3.98. The van der Waals surface area contributed by atoms with Crippen LogP contribution in [-0.4, -0.2) is 36.4 Å². The number of aliphatic carboxylic acids is 1. The molecule has 0 unspecified atom stereocenters. The van der Waals surface area contributed by atoms with Gasteiger partial charge in [0.05, 0.1) is 0 Å². The van der Waals surface area contributed by atoms with Crippen molar-refractivity contribution in [2.75, 3.05) is 0 Å². The Morgan fingerprint density at radius 2 is 2.33 bits per heavy atom. The molecule has 2 aromatic heterocycles. The predicted molar refractivity (Wildman–Crippen MR) is 48.9 cm³/mol. The Balaban J connectivity index is 2.58. The van der Waals surface area contributed by atoms with E-state index in [4.69, 9.17) is 10.3 Å². The average molecular weight is 206 g/mol. The highest BCUT2D eigenvalue weighted by Gasteiger charge is 2.17. The van der Waals surface area contributed by atoms with E-state index >= 15 is 0 Å². The van der Waals surface area contributed by atoms with Gasteiger partial charge in [0, 0.05) is 18.6 Å². The maximum absolute atomic E-state index is 10.6. The zero-order valence-corrected chi connectivity index (χ0v) is 7.40. The van der Waals surface area contributed by atoms with Gasteiger partial charge in [-0.1, -0.05) is 5.16 Å². The highest BCUT2D eigenvalue weighted by atomic mass is 16.4. The first-order valence-electron chi connectivity index (χ1n) is 3.98. The van der Waals surface area contributed by atoms with E-state index in [9.17, 15) is 4.79 Å². The van der Waals surface area contributed by atoms with Crippen LogP contribution in [-0.2, 0) is 4.79 Å². The first-order chi connectivity index (χ1) is 7.22. The number of aromatic nitrogens is 3. The number of carbonyl (C=O) groups is 1. The van der Waals surface area contributed by atoms with Crippen molar-refractivity contribution in [2.24, 2.45) is 5.16 Å². The lowest BCUT2D eigenvalue weighted by molar-refractivity contribution is -0.129. The molecule has 0 spiro atoms. The number of hydrogen-bond donors (Lipinski definition) is 2. The topological polar surface area (TPSA) is 100 Å². The van der Waals surface area contributed by atoms with Gasteiger partial charge in [-0.05, 0) is 6.07 Å². The molecule has 2 N–H and O–H groups in total. The highest BCUT2D eigenvalue weighted by Crippen LogP contribution is 2.03. The van der Waals surface area contributed by atoms with Gasteiger partial charge in [-0.2, -0.15) is 0 Å². The Morgan fingerprint density at radius 3 is 2.93 bits per heavy atom. The smallest absolute Gasteiger partial charge is 0.360 e. The third-order valence-electron chi connectivity index (χ3n) is 1.78. The molecule has 0 aliphatic rings. The number of imidazole rings is 1. The van der Waals surface area contributed by atoms with Crippen LogP contribution in [0.3, 0.4) is 0 Å². The lowest BCUT2D eigenvalue weighted by atomic mass is 10.3. The van der Waals surface area contributed by atoms with Crippen molar-refractivity contribution in [1.29, 1.82) is 0 Å². The summed E-state index contributed by atoms with van der Waals surface area (Å²) in [5.41, 5.74) is -0.454.